The molecule has 0 radical (unpaired) electrons. The number of hydrogen-bond donors (Lipinski definition) is 2. The zero-order valence-electron chi connectivity index (χ0n) is 15.6. The number of nitrogens with one attached hydrogen (secondary N) is 2. The van der Waals surface area contributed by atoms with Gasteiger partial charge >= 0.3 is 0 Å². The predicted molar refractivity (Wildman–Crippen MR) is 116 cm³/mol. The Morgan fingerprint density at radius 1 is 1.17 bits per heavy atom. The average Bonchev–Trinajstić information content (AvgIpc) is 3.14. The lowest BCUT2D eigenvalue weighted by molar-refractivity contribution is -0.115. The number of hydrogen-bond acceptors (Lipinski definition) is 5. The fourth-order valence-corrected chi connectivity index (χ4v) is 3.79. The molecule has 0 aliphatic heterocycles. The van der Waals surface area contributed by atoms with Crippen LogP contribution in [0.4, 0.5) is 5.13 Å². The second-order valence-corrected chi connectivity index (χ2v) is 7.80. The largest absolute Gasteiger partial charge is 0.496 e. The number of thiazole rings is 1. The van der Waals surface area contributed by atoms with Crippen molar-refractivity contribution in [3.8, 4) is 17.0 Å². The van der Waals surface area contributed by atoms with Gasteiger partial charge in [0.1, 0.15) is 5.75 Å². The van der Waals surface area contributed by atoms with Crippen molar-refractivity contribution in [3.63, 3.8) is 0 Å². The smallest absolute Gasteiger partial charge is 0.253 e. The highest BCUT2D eigenvalue weighted by Gasteiger charge is 2.14. The van der Waals surface area contributed by atoms with Crippen molar-refractivity contribution in [2.24, 2.45) is 0 Å². The molecular formula is C20H17Cl2N3O3S. The fraction of sp³-hybridized carbons (Fsp3) is 0.150. The molecule has 0 saturated heterocycles. The molecule has 0 atom stereocenters. The van der Waals surface area contributed by atoms with Crippen LogP contribution in [0.25, 0.3) is 11.3 Å². The standard InChI is InChI=1S/C20H17Cl2N3O3S/c1-11-3-6-17(28-2)14(7-11)16-10-29-20(24-16)25-18(26)9-23-19(27)13-5-4-12(21)8-15(13)22/h3-8,10H,9H2,1-2H3,(H,23,27)(H,24,25,26). The molecule has 0 bridgehead atoms. The van der Waals surface area contributed by atoms with Crippen LogP contribution < -0.4 is 15.4 Å². The highest BCUT2D eigenvalue weighted by molar-refractivity contribution is 7.14. The summed E-state index contributed by atoms with van der Waals surface area (Å²) in [4.78, 5) is 28.8. The van der Waals surface area contributed by atoms with E-state index >= 15 is 0 Å². The Labute approximate surface area is 181 Å². The van der Waals surface area contributed by atoms with E-state index in [1.165, 1.54) is 23.5 Å². The predicted octanol–water partition coefficient (Wildman–Crippen LogP) is 4.80. The minimum atomic E-state index is -0.467. The van der Waals surface area contributed by atoms with Gasteiger partial charge in [-0.2, -0.15) is 0 Å². The molecule has 3 rings (SSSR count). The number of halogens is 2. The van der Waals surface area contributed by atoms with Crippen LogP contribution in [0.15, 0.2) is 41.8 Å². The molecule has 1 aromatic heterocycles. The van der Waals surface area contributed by atoms with E-state index in [0.29, 0.717) is 21.6 Å². The lowest BCUT2D eigenvalue weighted by Crippen LogP contribution is -2.33. The number of carbonyl (C=O) groups excluding carboxylic acids is 2. The highest BCUT2D eigenvalue weighted by Crippen LogP contribution is 2.32. The van der Waals surface area contributed by atoms with Gasteiger partial charge < -0.3 is 15.4 Å². The van der Waals surface area contributed by atoms with E-state index in [-0.39, 0.29) is 17.1 Å². The Morgan fingerprint density at radius 3 is 2.69 bits per heavy atom. The molecule has 0 aliphatic carbocycles. The van der Waals surface area contributed by atoms with Gasteiger partial charge in [0, 0.05) is 16.0 Å². The van der Waals surface area contributed by atoms with Crippen molar-refractivity contribution in [2.45, 2.75) is 6.92 Å². The summed E-state index contributed by atoms with van der Waals surface area (Å²) in [6, 6.07) is 10.3. The van der Waals surface area contributed by atoms with Crippen molar-refractivity contribution in [3.05, 3.63) is 63.0 Å². The van der Waals surface area contributed by atoms with Crippen LogP contribution in [0, 0.1) is 6.92 Å². The summed E-state index contributed by atoms with van der Waals surface area (Å²) in [5.74, 6) is -0.169. The quantitative estimate of drug-likeness (QED) is 0.565. The van der Waals surface area contributed by atoms with Crippen molar-refractivity contribution in [1.82, 2.24) is 10.3 Å². The Bertz CT molecular complexity index is 1070. The maximum absolute atomic E-state index is 12.2. The number of nitrogens with zero attached hydrogens (tertiary/aromatic N) is 1. The molecule has 2 N–H and O–H groups in total. The molecule has 0 spiro atoms. The minimum Gasteiger partial charge on any atom is -0.496 e. The number of carbonyl (C=O) groups is 2. The van der Waals surface area contributed by atoms with Gasteiger partial charge in [-0.3, -0.25) is 9.59 Å². The highest BCUT2D eigenvalue weighted by atomic mass is 35.5. The monoisotopic (exact) mass is 449 g/mol. The van der Waals surface area contributed by atoms with Gasteiger partial charge in [0.15, 0.2) is 5.13 Å². The number of benzene rings is 2. The van der Waals surface area contributed by atoms with Gasteiger partial charge in [-0.05, 0) is 37.3 Å². The van der Waals surface area contributed by atoms with E-state index in [9.17, 15) is 9.59 Å². The average molecular weight is 450 g/mol. The van der Waals surface area contributed by atoms with Crippen LogP contribution in [0.2, 0.25) is 10.0 Å². The second-order valence-electron chi connectivity index (χ2n) is 6.10. The first-order valence-electron chi connectivity index (χ1n) is 8.51. The molecule has 1 heterocycles. The van der Waals surface area contributed by atoms with Gasteiger partial charge in [0.25, 0.3) is 5.91 Å². The molecule has 0 unspecified atom stereocenters. The number of aromatic nitrogens is 1. The number of ether oxygens (including phenoxy) is 1. The lowest BCUT2D eigenvalue weighted by Gasteiger charge is -2.07. The number of amides is 2. The van der Waals surface area contributed by atoms with Gasteiger partial charge in [0.2, 0.25) is 5.91 Å². The maximum Gasteiger partial charge on any atom is 0.253 e. The van der Waals surface area contributed by atoms with E-state index in [1.807, 2.05) is 30.5 Å². The summed E-state index contributed by atoms with van der Waals surface area (Å²) < 4.78 is 5.38. The van der Waals surface area contributed by atoms with Crippen molar-refractivity contribution in [2.75, 3.05) is 19.0 Å². The normalized spacial score (nSPS) is 10.5. The number of rotatable bonds is 6. The number of anilines is 1. The molecule has 0 fully saturated rings. The number of aryl methyl sites for hydroxylation is 1. The summed E-state index contributed by atoms with van der Waals surface area (Å²) >= 11 is 13.1. The second kappa shape index (κ2) is 9.26. The van der Waals surface area contributed by atoms with E-state index < -0.39 is 11.8 Å². The first-order chi connectivity index (χ1) is 13.9. The molecular weight excluding hydrogens is 433 g/mol. The van der Waals surface area contributed by atoms with Crippen molar-refractivity contribution < 1.29 is 14.3 Å². The third-order valence-electron chi connectivity index (χ3n) is 3.97. The Balaban J connectivity index is 1.62. The van der Waals surface area contributed by atoms with Crippen LogP contribution >= 0.6 is 34.5 Å². The Hall–Kier alpha value is -2.61. The molecule has 0 saturated carbocycles. The first kappa shape index (κ1) is 21.1. The SMILES string of the molecule is COc1ccc(C)cc1-c1csc(NC(=O)CNC(=O)c2ccc(Cl)cc2Cl)n1. The molecule has 3 aromatic rings. The van der Waals surface area contributed by atoms with E-state index in [4.69, 9.17) is 27.9 Å². The Morgan fingerprint density at radius 2 is 1.97 bits per heavy atom. The molecule has 2 amide bonds. The maximum atomic E-state index is 12.2. The van der Waals surface area contributed by atoms with E-state index in [2.05, 4.69) is 15.6 Å². The van der Waals surface area contributed by atoms with E-state index in [0.717, 1.165) is 11.1 Å². The van der Waals surface area contributed by atoms with Crippen LogP contribution in [0.5, 0.6) is 5.75 Å². The van der Waals surface area contributed by atoms with Crippen molar-refractivity contribution >= 4 is 51.5 Å². The van der Waals surface area contributed by atoms with Crippen molar-refractivity contribution in [1.29, 1.82) is 0 Å². The van der Waals surface area contributed by atoms with Crippen LogP contribution in [0.1, 0.15) is 15.9 Å². The van der Waals surface area contributed by atoms with Gasteiger partial charge in [-0.25, -0.2) is 4.98 Å². The third kappa shape index (κ3) is 5.26. The molecule has 9 heteroatoms. The minimum absolute atomic E-state index is 0.215. The molecule has 0 aliphatic rings. The summed E-state index contributed by atoms with van der Waals surface area (Å²) in [6.45, 7) is 1.76. The fourth-order valence-electron chi connectivity index (χ4n) is 2.57. The van der Waals surface area contributed by atoms with E-state index in [1.54, 1.807) is 13.2 Å². The molecule has 29 heavy (non-hydrogen) atoms. The molecule has 6 nitrogen and oxygen atoms in total. The summed E-state index contributed by atoms with van der Waals surface area (Å²) in [7, 11) is 1.60. The van der Waals surface area contributed by atoms with Gasteiger partial charge in [-0.1, -0.05) is 34.8 Å². The molecule has 150 valence electrons. The Kier molecular flexibility index (Phi) is 6.74. The zero-order chi connectivity index (χ0) is 21.0. The van der Waals surface area contributed by atoms with Crippen LogP contribution in [0.3, 0.4) is 0 Å². The summed E-state index contributed by atoms with van der Waals surface area (Å²) in [6.07, 6.45) is 0. The topological polar surface area (TPSA) is 80.3 Å². The summed E-state index contributed by atoms with van der Waals surface area (Å²) in [5, 5.41) is 8.09. The zero-order valence-corrected chi connectivity index (χ0v) is 17.9. The van der Waals surface area contributed by atoms with Crippen LogP contribution in [-0.2, 0) is 4.79 Å². The third-order valence-corrected chi connectivity index (χ3v) is 5.27. The summed E-state index contributed by atoms with van der Waals surface area (Å²) in [5.41, 5.74) is 2.85. The lowest BCUT2D eigenvalue weighted by atomic mass is 10.1. The molecule has 2 aromatic carbocycles. The number of methoxy groups -OCH3 is 1. The first-order valence-corrected chi connectivity index (χ1v) is 10.1. The van der Waals surface area contributed by atoms with Crippen LogP contribution in [-0.4, -0.2) is 30.5 Å². The van der Waals surface area contributed by atoms with Gasteiger partial charge in [-0.15, -0.1) is 11.3 Å². The van der Waals surface area contributed by atoms with Gasteiger partial charge in [0.05, 0.1) is 29.9 Å².